The van der Waals surface area contributed by atoms with Crippen LogP contribution in [0.4, 0.5) is 10.5 Å². The fourth-order valence-electron chi connectivity index (χ4n) is 2.48. The molecule has 3 N–H and O–H groups in total. The molecule has 5 nitrogen and oxygen atoms in total. The summed E-state index contributed by atoms with van der Waals surface area (Å²) in [7, 11) is 0. The van der Waals surface area contributed by atoms with Gasteiger partial charge in [0.05, 0.1) is 11.6 Å². The summed E-state index contributed by atoms with van der Waals surface area (Å²) in [6, 6.07) is 5.07. The number of halogens is 2. The summed E-state index contributed by atoms with van der Waals surface area (Å²) >= 11 is 6.73. The van der Waals surface area contributed by atoms with Gasteiger partial charge in [0, 0.05) is 15.0 Å². The molecule has 0 bridgehead atoms. The van der Waals surface area contributed by atoms with E-state index in [2.05, 4.69) is 42.5 Å². The number of benzene rings is 1. The minimum Gasteiger partial charge on any atom is -0.481 e. The van der Waals surface area contributed by atoms with Gasteiger partial charge in [-0.1, -0.05) is 22.4 Å². The van der Waals surface area contributed by atoms with Crippen molar-refractivity contribution in [2.24, 2.45) is 5.92 Å². The number of carboxylic acids is 1. The van der Waals surface area contributed by atoms with Crippen LogP contribution < -0.4 is 10.6 Å². The highest BCUT2D eigenvalue weighted by Crippen LogP contribution is 2.27. The zero-order valence-corrected chi connectivity index (χ0v) is 14.4. The van der Waals surface area contributed by atoms with Gasteiger partial charge in [-0.05, 0) is 53.4 Å². The predicted octanol–water partition coefficient (Wildman–Crippen LogP) is 3.98. The molecular weight excluding hydrogens is 404 g/mol. The number of hydrogen-bond donors (Lipinski definition) is 3. The highest BCUT2D eigenvalue weighted by atomic mass is 79.9. The molecule has 2 unspecified atom stereocenters. The van der Waals surface area contributed by atoms with Gasteiger partial charge in [0.2, 0.25) is 0 Å². The molecular formula is C14H16Br2N2O3. The topological polar surface area (TPSA) is 78.4 Å². The van der Waals surface area contributed by atoms with Crippen molar-refractivity contribution in [1.29, 1.82) is 0 Å². The second-order valence-electron chi connectivity index (χ2n) is 5.12. The number of urea groups is 1. The Morgan fingerprint density at radius 1 is 1.24 bits per heavy atom. The molecule has 1 saturated carbocycles. The van der Waals surface area contributed by atoms with Gasteiger partial charge in [0.1, 0.15) is 0 Å². The molecule has 1 aliphatic carbocycles. The maximum absolute atomic E-state index is 12.0. The second-order valence-corrected chi connectivity index (χ2v) is 6.89. The zero-order chi connectivity index (χ0) is 15.4. The Morgan fingerprint density at radius 2 is 2.00 bits per heavy atom. The first kappa shape index (κ1) is 16.3. The summed E-state index contributed by atoms with van der Waals surface area (Å²) in [5.41, 5.74) is 0.668. The fraction of sp³-hybridized carbons (Fsp3) is 0.429. The van der Waals surface area contributed by atoms with Crippen LogP contribution in [0, 0.1) is 5.92 Å². The average molecular weight is 420 g/mol. The number of carbonyl (C=O) groups is 2. The molecule has 0 radical (unpaired) electrons. The first-order valence-electron chi connectivity index (χ1n) is 6.71. The van der Waals surface area contributed by atoms with E-state index >= 15 is 0 Å². The highest BCUT2D eigenvalue weighted by Gasteiger charge is 2.27. The summed E-state index contributed by atoms with van der Waals surface area (Å²) in [6.45, 7) is 0. The standard InChI is InChI=1S/C14H16Br2N2O3/c15-9-4-5-12(11(16)7-9)18-14(21)17-10-3-1-2-8(6-10)13(19)20/h4-5,7-8,10H,1-3,6H2,(H,19,20)(H2,17,18,21). The first-order chi connectivity index (χ1) is 9.95. The first-order valence-corrected chi connectivity index (χ1v) is 8.29. The van der Waals surface area contributed by atoms with Crippen LogP contribution in [-0.4, -0.2) is 23.1 Å². The van der Waals surface area contributed by atoms with E-state index in [9.17, 15) is 9.59 Å². The molecule has 0 heterocycles. The van der Waals surface area contributed by atoms with Crippen LogP contribution in [0.2, 0.25) is 0 Å². The summed E-state index contributed by atoms with van der Waals surface area (Å²) in [5.74, 6) is -1.14. The Kier molecular flexibility index (Phi) is 5.64. The normalized spacial score (nSPS) is 21.6. The number of carbonyl (C=O) groups excluding carboxylic acids is 1. The number of nitrogens with one attached hydrogen (secondary N) is 2. The van der Waals surface area contributed by atoms with Crippen molar-refractivity contribution in [3.8, 4) is 0 Å². The van der Waals surface area contributed by atoms with E-state index in [0.717, 1.165) is 21.8 Å². The summed E-state index contributed by atoms with van der Waals surface area (Å²) in [6.07, 6.45) is 2.82. The molecule has 0 aliphatic heterocycles. The molecule has 0 spiro atoms. The zero-order valence-electron chi connectivity index (χ0n) is 11.2. The van der Waals surface area contributed by atoms with Crippen molar-refractivity contribution < 1.29 is 14.7 Å². The Labute approximate surface area is 139 Å². The summed E-state index contributed by atoms with van der Waals surface area (Å²) in [5, 5.41) is 14.7. The van der Waals surface area contributed by atoms with E-state index in [-0.39, 0.29) is 18.0 Å². The van der Waals surface area contributed by atoms with Crippen molar-refractivity contribution in [1.82, 2.24) is 5.32 Å². The Hall–Kier alpha value is -1.08. The average Bonchev–Trinajstić information content (AvgIpc) is 2.42. The predicted molar refractivity (Wildman–Crippen MR) is 87.4 cm³/mol. The van der Waals surface area contributed by atoms with Crippen molar-refractivity contribution in [3.63, 3.8) is 0 Å². The van der Waals surface area contributed by atoms with Crippen LogP contribution in [0.1, 0.15) is 25.7 Å². The van der Waals surface area contributed by atoms with E-state index in [1.165, 1.54) is 0 Å². The molecule has 0 saturated heterocycles. The summed E-state index contributed by atoms with van der Waals surface area (Å²) < 4.78 is 1.69. The van der Waals surface area contributed by atoms with Crippen molar-refractivity contribution >= 4 is 49.5 Å². The quantitative estimate of drug-likeness (QED) is 0.693. The lowest BCUT2D eigenvalue weighted by atomic mass is 9.86. The minimum atomic E-state index is -0.780. The number of hydrogen-bond acceptors (Lipinski definition) is 2. The second kappa shape index (κ2) is 7.26. The van der Waals surface area contributed by atoms with E-state index in [4.69, 9.17) is 5.11 Å². The fourth-order valence-corrected chi connectivity index (χ4v) is 3.63. The lowest BCUT2D eigenvalue weighted by Crippen LogP contribution is -2.42. The van der Waals surface area contributed by atoms with Crippen LogP contribution in [-0.2, 0) is 4.79 Å². The third kappa shape index (κ3) is 4.71. The molecule has 7 heteroatoms. The molecule has 1 aromatic rings. The van der Waals surface area contributed by atoms with Gasteiger partial charge in [-0.15, -0.1) is 0 Å². The van der Waals surface area contributed by atoms with Crippen LogP contribution in [0.5, 0.6) is 0 Å². The maximum Gasteiger partial charge on any atom is 0.319 e. The van der Waals surface area contributed by atoms with E-state index in [1.807, 2.05) is 12.1 Å². The SMILES string of the molecule is O=C(Nc1ccc(Br)cc1Br)NC1CCCC(C(=O)O)C1. The molecule has 21 heavy (non-hydrogen) atoms. The van der Waals surface area contributed by atoms with Crippen LogP contribution >= 0.6 is 31.9 Å². The van der Waals surface area contributed by atoms with Crippen molar-refractivity contribution in [3.05, 3.63) is 27.1 Å². The van der Waals surface area contributed by atoms with Gasteiger partial charge in [-0.25, -0.2) is 4.79 Å². The third-order valence-electron chi connectivity index (χ3n) is 3.54. The van der Waals surface area contributed by atoms with Crippen LogP contribution in [0.25, 0.3) is 0 Å². The van der Waals surface area contributed by atoms with E-state index in [0.29, 0.717) is 18.5 Å². The Bertz CT molecular complexity index is 551. The largest absolute Gasteiger partial charge is 0.481 e. The van der Waals surface area contributed by atoms with E-state index in [1.54, 1.807) is 6.07 Å². The van der Waals surface area contributed by atoms with Gasteiger partial charge in [-0.2, -0.15) is 0 Å². The van der Waals surface area contributed by atoms with E-state index < -0.39 is 5.97 Å². The monoisotopic (exact) mass is 418 g/mol. The highest BCUT2D eigenvalue weighted by molar-refractivity contribution is 9.11. The molecule has 0 aromatic heterocycles. The minimum absolute atomic E-state index is 0.0888. The van der Waals surface area contributed by atoms with Crippen molar-refractivity contribution in [2.45, 2.75) is 31.7 Å². The van der Waals surface area contributed by atoms with Gasteiger partial charge < -0.3 is 15.7 Å². The molecule has 2 rings (SSSR count). The van der Waals surface area contributed by atoms with Gasteiger partial charge in [-0.3, -0.25) is 4.79 Å². The third-order valence-corrected chi connectivity index (χ3v) is 4.69. The van der Waals surface area contributed by atoms with Gasteiger partial charge in [0.25, 0.3) is 0 Å². The maximum atomic E-state index is 12.0. The number of carboxylic acid groups (broad SMARTS) is 1. The molecule has 1 aromatic carbocycles. The van der Waals surface area contributed by atoms with Crippen molar-refractivity contribution in [2.75, 3.05) is 5.32 Å². The number of amides is 2. The lowest BCUT2D eigenvalue weighted by Gasteiger charge is -2.27. The molecule has 114 valence electrons. The van der Waals surface area contributed by atoms with Gasteiger partial charge in [0.15, 0.2) is 0 Å². The molecule has 2 amide bonds. The number of rotatable bonds is 3. The van der Waals surface area contributed by atoms with Crippen LogP contribution in [0.3, 0.4) is 0 Å². The molecule has 1 aliphatic rings. The number of anilines is 1. The molecule has 1 fully saturated rings. The Balaban J connectivity index is 1.91. The lowest BCUT2D eigenvalue weighted by molar-refractivity contribution is -0.143. The Morgan fingerprint density at radius 3 is 2.67 bits per heavy atom. The van der Waals surface area contributed by atoms with Gasteiger partial charge >= 0.3 is 12.0 Å². The number of aliphatic carboxylic acids is 1. The van der Waals surface area contributed by atoms with Crippen LogP contribution in [0.15, 0.2) is 27.1 Å². The summed E-state index contributed by atoms with van der Waals surface area (Å²) in [4.78, 5) is 23.0. The smallest absolute Gasteiger partial charge is 0.319 e. The molecule has 2 atom stereocenters.